The number of benzene rings is 4. The minimum absolute atomic E-state index is 0.172. The zero-order chi connectivity index (χ0) is 25.7. The van der Waals surface area contributed by atoms with Crippen LogP contribution in [0.25, 0.3) is 28.2 Å². The third-order valence-corrected chi connectivity index (χ3v) is 7.00. The summed E-state index contributed by atoms with van der Waals surface area (Å²) in [4.78, 5) is 20.6. The van der Waals surface area contributed by atoms with Crippen LogP contribution in [0.5, 0.6) is 0 Å². The van der Waals surface area contributed by atoms with E-state index in [1.54, 1.807) is 10.6 Å². The van der Waals surface area contributed by atoms with Gasteiger partial charge in [-0.1, -0.05) is 96.3 Å². The average molecular weight is 514 g/mol. The lowest BCUT2D eigenvalue weighted by Crippen LogP contribution is -2.22. The van der Waals surface area contributed by atoms with E-state index in [1.165, 1.54) is 11.3 Å². The number of rotatable bonds is 7. The van der Waals surface area contributed by atoms with Crippen molar-refractivity contribution in [2.75, 3.05) is 4.90 Å². The summed E-state index contributed by atoms with van der Waals surface area (Å²) in [6.45, 7) is 0.511. The van der Waals surface area contributed by atoms with Gasteiger partial charge in [-0.25, -0.2) is 9.55 Å². The van der Waals surface area contributed by atoms with Gasteiger partial charge >= 0.3 is 0 Å². The molecule has 0 fully saturated rings. The molecule has 2 aromatic heterocycles. The van der Waals surface area contributed by atoms with Crippen molar-refractivity contribution in [2.24, 2.45) is 0 Å². The lowest BCUT2D eigenvalue weighted by Gasteiger charge is -2.23. The third kappa shape index (κ3) is 4.87. The molecule has 0 saturated heterocycles. The Hall–Kier alpha value is -4.88. The van der Waals surface area contributed by atoms with Gasteiger partial charge in [-0.15, -0.1) is 10.2 Å². The summed E-state index contributed by atoms with van der Waals surface area (Å²) in [5.74, 6) is 0.503. The Labute approximate surface area is 223 Å². The number of hydrogen-bond acceptors (Lipinski definition) is 6. The van der Waals surface area contributed by atoms with Gasteiger partial charge in [0.15, 0.2) is 0 Å². The fraction of sp³-hybridized carbons (Fsp3) is 0.0323. The van der Waals surface area contributed by atoms with Crippen molar-refractivity contribution in [1.82, 2.24) is 19.7 Å². The predicted molar refractivity (Wildman–Crippen MR) is 155 cm³/mol. The topological polar surface area (TPSA) is 63.9 Å². The predicted octanol–water partition coefficient (Wildman–Crippen LogP) is 6.75. The van der Waals surface area contributed by atoms with Crippen molar-refractivity contribution >= 4 is 45.8 Å². The average Bonchev–Trinajstić information content (AvgIpc) is 3.44. The molecule has 0 amide bonds. The van der Waals surface area contributed by atoms with Crippen LogP contribution in [0.4, 0.5) is 11.4 Å². The van der Waals surface area contributed by atoms with Crippen LogP contribution in [-0.2, 0) is 6.54 Å². The van der Waals surface area contributed by atoms with Crippen LogP contribution in [0.3, 0.4) is 0 Å². The van der Waals surface area contributed by atoms with Gasteiger partial charge in [-0.05, 0) is 48.0 Å². The Bertz CT molecular complexity index is 1720. The first-order valence-corrected chi connectivity index (χ1v) is 13.0. The molecule has 0 aliphatic heterocycles. The van der Waals surface area contributed by atoms with Crippen LogP contribution < -0.4 is 10.5 Å². The SMILES string of the molecule is O=c1c2ccccc2nc(/C=C/c2ccccc2)n1-c1nnc(CN(c2ccccc2)c2ccccc2)s1. The normalized spacial score (nSPS) is 11.3. The molecule has 0 unspecified atom stereocenters. The van der Waals surface area contributed by atoms with Gasteiger partial charge in [-0.2, -0.15) is 0 Å². The first-order valence-electron chi connectivity index (χ1n) is 12.2. The van der Waals surface area contributed by atoms with Gasteiger partial charge in [0.25, 0.3) is 5.56 Å². The molecule has 6 nitrogen and oxygen atoms in total. The third-order valence-electron chi connectivity index (χ3n) is 6.10. The molecule has 0 bridgehead atoms. The maximum Gasteiger partial charge on any atom is 0.268 e. The zero-order valence-corrected chi connectivity index (χ0v) is 21.2. The standard InChI is InChI=1S/C31H23N5OS/c37-30-26-18-10-11-19-27(26)32-28(21-20-23-12-4-1-5-13-23)36(30)31-34-33-29(38-31)22-35(24-14-6-2-7-15-24)25-16-8-3-9-17-25/h1-21H,22H2/b21-20+. The molecule has 4 aromatic carbocycles. The van der Waals surface area contributed by atoms with E-state index in [2.05, 4.69) is 39.4 Å². The van der Waals surface area contributed by atoms with Gasteiger partial charge < -0.3 is 4.90 Å². The zero-order valence-electron chi connectivity index (χ0n) is 20.4. The van der Waals surface area contributed by atoms with Crippen LogP contribution in [0.2, 0.25) is 0 Å². The first-order chi connectivity index (χ1) is 18.8. The summed E-state index contributed by atoms with van der Waals surface area (Å²) >= 11 is 1.39. The molecular weight excluding hydrogens is 490 g/mol. The minimum atomic E-state index is -0.172. The number of fused-ring (bicyclic) bond motifs is 1. The van der Waals surface area contributed by atoms with E-state index >= 15 is 0 Å². The van der Waals surface area contributed by atoms with E-state index in [4.69, 9.17) is 4.98 Å². The summed E-state index contributed by atoms with van der Waals surface area (Å²) in [5.41, 5.74) is 3.58. The van der Waals surface area contributed by atoms with E-state index in [0.717, 1.165) is 21.9 Å². The molecule has 0 atom stereocenters. The van der Waals surface area contributed by atoms with E-state index in [0.29, 0.717) is 28.4 Å². The Morgan fingerprint density at radius 1 is 0.711 bits per heavy atom. The number of nitrogens with zero attached hydrogens (tertiary/aromatic N) is 5. The smallest absolute Gasteiger partial charge is 0.268 e. The highest BCUT2D eigenvalue weighted by Gasteiger charge is 2.18. The van der Waals surface area contributed by atoms with Crippen molar-refractivity contribution in [1.29, 1.82) is 0 Å². The van der Waals surface area contributed by atoms with Crippen molar-refractivity contribution in [2.45, 2.75) is 6.54 Å². The maximum absolute atomic E-state index is 13.7. The van der Waals surface area contributed by atoms with Gasteiger partial charge in [-0.3, -0.25) is 4.79 Å². The van der Waals surface area contributed by atoms with Crippen molar-refractivity contribution < 1.29 is 0 Å². The van der Waals surface area contributed by atoms with Gasteiger partial charge in [0.2, 0.25) is 5.13 Å². The number of anilines is 2. The van der Waals surface area contributed by atoms with Crippen LogP contribution in [0.15, 0.2) is 120 Å². The summed E-state index contributed by atoms with van der Waals surface area (Å²) in [7, 11) is 0. The van der Waals surface area contributed by atoms with Crippen molar-refractivity contribution in [3.05, 3.63) is 142 Å². The van der Waals surface area contributed by atoms with Gasteiger partial charge in [0.1, 0.15) is 10.8 Å². The Morgan fingerprint density at radius 2 is 1.32 bits per heavy atom. The number of hydrogen-bond donors (Lipinski definition) is 0. The fourth-order valence-electron chi connectivity index (χ4n) is 4.26. The van der Waals surface area contributed by atoms with Gasteiger partial charge in [0.05, 0.1) is 17.4 Å². The van der Waals surface area contributed by atoms with Crippen LogP contribution in [-0.4, -0.2) is 19.7 Å². The second-order valence-electron chi connectivity index (χ2n) is 8.61. The highest BCUT2D eigenvalue weighted by molar-refractivity contribution is 7.13. The highest BCUT2D eigenvalue weighted by Crippen LogP contribution is 2.28. The molecule has 38 heavy (non-hydrogen) atoms. The molecule has 6 rings (SSSR count). The second-order valence-corrected chi connectivity index (χ2v) is 9.65. The maximum atomic E-state index is 13.7. The molecule has 0 aliphatic rings. The number of aromatic nitrogens is 4. The van der Waals surface area contributed by atoms with Crippen molar-refractivity contribution in [3.8, 4) is 5.13 Å². The van der Waals surface area contributed by atoms with E-state index in [1.807, 2.05) is 97.1 Å². The molecule has 0 spiro atoms. The molecule has 0 radical (unpaired) electrons. The summed E-state index contributed by atoms with van der Waals surface area (Å²) in [6.07, 6.45) is 3.80. The molecule has 6 aromatic rings. The highest BCUT2D eigenvalue weighted by atomic mass is 32.1. The Kier molecular flexibility index (Phi) is 6.57. The molecule has 0 aliphatic carbocycles. The molecule has 2 heterocycles. The van der Waals surface area contributed by atoms with Crippen LogP contribution in [0.1, 0.15) is 16.4 Å². The summed E-state index contributed by atoms with van der Waals surface area (Å²) in [5, 5.41) is 10.7. The summed E-state index contributed by atoms with van der Waals surface area (Å²) < 4.78 is 1.55. The molecular formula is C31H23N5OS. The van der Waals surface area contributed by atoms with Crippen LogP contribution in [0, 0.1) is 0 Å². The van der Waals surface area contributed by atoms with E-state index in [9.17, 15) is 4.79 Å². The molecule has 0 N–H and O–H groups in total. The summed E-state index contributed by atoms with van der Waals surface area (Å²) in [6, 6.07) is 37.6. The van der Waals surface area contributed by atoms with E-state index < -0.39 is 0 Å². The first kappa shape index (κ1) is 23.5. The second kappa shape index (κ2) is 10.6. The van der Waals surface area contributed by atoms with Crippen molar-refractivity contribution in [3.63, 3.8) is 0 Å². The minimum Gasteiger partial charge on any atom is -0.335 e. The molecule has 7 heteroatoms. The molecule has 184 valence electrons. The Balaban J connectivity index is 1.42. The number of para-hydroxylation sites is 3. The lowest BCUT2D eigenvalue weighted by molar-refractivity contribution is 0.870. The van der Waals surface area contributed by atoms with Gasteiger partial charge in [0, 0.05) is 11.4 Å². The molecule has 0 saturated carbocycles. The van der Waals surface area contributed by atoms with Crippen LogP contribution >= 0.6 is 11.3 Å². The quantitative estimate of drug-likeness (QED) is 0.236. The van der Waals surface area contributed by atoms with E-state index in [-0.39, 0.29) is 5.56 Å². The Morgan fingerprint density at radius 3 is 2.00 bits per heavy atom. The fourth-order valence-corrected chi connectivity index (χ4v) is 5.10. The largest absolute Gasteiger partial charge is 0.335 e. The lowest BCUT2D eigenvalue weighted by atomic mass is 10.2. The monoisotopic (exact) mass is 513 g/mol.